The molecule has 0 amide bonds. The molecule has 1 aromatic heterocycles. The molecule has 1 aromatic carbocycles. The topological polar surface area (TPSA) is 54.7 Å². The van der Waals surface area contributed by atoms with E-state index >= 15 is 0 Å². The van der Waals surface area contributed by atoms with Crippen LogP contribution in [-0.4, -0.2) is 16.5 Å². The summed E-state index contributed by atoms with van der Waals surface area (Å²) in [6.07, 6.45) is 2.45. The fourth-order valence-corrected chi connectivity index (χ4v) is 1.77. The molecule has 4 heteroatoms. The van der Waals surface area contributed by atoms with E-state index < -0.39 is 0 Å². The van der Waals surface area contributed by atoms with E-state index in [-0.39, 0.29) is 0 Å². The van der Waals surface area contributed by atoms with Crippen molar-refractivity contribution < 1.29 is 0 Å². The Balaban J connectivity index is 2.45. The molecule has 0 spiro atoms. The van der Waals surface area contributed by atoms with Crippen molar-refractivity contribution in [1.29, 1.82) is 0 Å². The summed E-state index contributed by atoms with van der Waals surface area (Å²) in [4.78, 5) is 7.35. The smallest absolute Gasteiger partial charge is 0.0929 e. The summed E-state index contributed by atoms with van der Waals surface area (Å²) in [6, 6.07) is 7.67. The summed E-state index contributed by atoms with van der Waals surface area (Å²) in [5.74, 6) is 0. The van der Waals surface area contributed by atoms with Crippen molar-refractivity contribution in [2.45, 2.75) is 6.42 Å². The van der Waals surface area contributed by atoms with Crippen molar-refractivity contribution in [3.63, 3.8) is 0 Å². The number of aromatic nitrogens is 2. The molecule has 2 rings (SSSR count). The van der Waals surface area contributed by atoms with Gasteiger partial charge in [-0.2, -0.15) is 0 Å². The van der Waals surface area contributed by atoms with E-state index in [0.717, 1.165) is 23.4 Å². The average molecular weight is 222 g/mol. The molecule has 1 heterocycles. The summed E-state index contributed by atoms with van der Waals surface area (Å²) < 4.78 is 0. The minimum absolute atomic E-state index is 0.597. The molecule has 3 nitrogen and oxygen atoms in total. The number of rotatable bonds is 3. The molecule has 0 saturated carbocycles. The highest BCUT2D eigenvalue weighted by Crippen LogP contribution is 2.27. The van der Waals surface area contributed by atoms with Crippen molar-refractivity contribution >= 4 is 11.6 Å². The number of hydrogen-bond donors (Lipinski definition) is 2. The zero-order valence-electron chi connectivity index (χ0n) is 8.20. The summed E-state index contributed by atoms with van der Waals surface area (Å²) in [7, 11) is 0. The fraction of sp³-hybridized carbons (Fsp3) is 0.182. The third-order valence-corrected chi connectivity index (χ3v) is 2.57. The van der Waals surface area contributed by atoms with Crippen LogP contribution in [0.1, 0.15) is 5.69 Å². The van der Waals surface area contributed by atoms with Gasteiger partial charge in [0.1, 0.15) is 0 Å². The van der Waals surface area contributed by atoms with Crippen LogP contribution in [0.2, 0.25) is 5.02 Å². The Morgan fingerprint density at radius 2 is 2.13 bits per heavy atom. The Kier molecular flexibility index (Phi) is 3.04. The summed E-state index contributed by atoms with van der Waals surface area (Å²) >= 11 is 6.10. The standard InChI is InChI=1S/C11H12ClN3/c12-9-4-2-1-3-8(9)11-10(5-6-13)14-7-15-11/h1-4,7H,5-6,13H2,(H,14,15). The van der Waals surface area contributed by atoms with E-state index in [2.05, 4.69) is 9.97 Å². The fourth-order valence-electron chi connectivity index (χ4n) is 1.54. The zero-order valence-corrected chi connectivity index (χ0v) is 8.96. The molecular formula is C11H12ClN3. The number of H-pyrrole nitrogens is 1. The first-order valence-electron chi connectivity index (χ1n) is 4.80. The van der Waals surface area contributed by atoms with Crippen LogP contribution in [-0.2, 0) is 6.42 Å². The largest absolute Gasteiger partial charge is 0.348 e. The summed E-state index contributed by atoms with van der Waals surface area (Å²) in [6.45, 7) is 0.597. The molecule has 0 saturated heterocycles. The van der Waals surface area contributed by atoms with Gasteiger partial charge in [-0.3, -0.25) is 0 Å². The van der Waals surface area contributed by atoms with Gasteiger partial charge in [0.2, 0.25) is 0 Å². The van der Waals surface area contributed by atoms with Crippen LogP contribution in [0.3, 0.4) is 0 Å². The third kappa shape index (κ3) is 2.03. The molecule has 0 bridgehead atoms. The highest BCUT2D eigenvalue weighted by molar-refractivity contribution is 6.33. The number of aromatic amines is 1. The van der Waals surface area contributed by atoms with Gasteiger partial charge in [-0.1, -0.05) is 29.8 Å². The molecule has 0 aliphatic heterocycles. The molecule has 15 heavy (non-hydrogen) atoms. The Bertz CT molecular complexity index is 451. The quantitative estimate of drug-likeness (QED) is 0.835. The zero-order chi connectivity index (χ0) is 10.7. The number of benzene rings is 1. The predicted octanol–water partition coefficient (Wildman–Crippen LogP) is 2.23. The predicted molar refractivity (Wildman–Crippen MR) is 61.8 cm³/mol. The SMILES string of the molecule is NCCc1[nH]cnc1-c1ccccc1Cl. The van der Waals surface area contributed by atoms with E-state index in [4.69, 9.17) is 17.3 Å². The number of nitrogens with two attached hydrogens (primary N) is 1. The second kappa shape index (κ2) is 4.47. The second-order valence-electron chi connectivity index (χ2n) is 3.25. The lowest BCUT2D eigenvalue weighted by molar-refractivity contribution is 0.937. The summed E-state index contributed by atoms with van der Waals surface area (Å²) in [5.41, 5.74) is 8.40. The van der Waals surface area contributed by atoms with E-state index in [9.17, 15) is 0 Å². The maximum Gasteiger partial charge on any atom is 0.0929 e. The molecule has 0 fully saturated rings. The van der Waals surface area contributed by atoms with Crippen LogP contribution in [0.5, 0.6) is 0 Å². The second-order valence-corrected chi connectivity index (χ2v) is 3.66. The van der Waals surface area contributed by atoms with Crippen molar-refractivity contribution in [3.05, 3.63) is 41.3 Å². The molecule has 0 aliphatic rings. The molecular weight excluding hydrogens is 210 g/mol. The normalized spacial score (nSPS) is 10.5. The number of imidazole rings is 1. The lowest BCUT2D eigenvalue weighted by Crippen LogP contribution is -2.04. The first-order valence-corrected chi connectivity index (χ1v) is 5.18. The monoisotopic (exact) mass is 221 g/mol. The van der Waals surface area contributed by atoms with Gasteiger partial charge in [-0.05, 0) is 12.6 Å². The average Bonchev–Trinajstić information content (AvgIpc) is 2.67. The lowest BCUT2D eigenvalue weighted by atomic mass is 10.1. The highest BCUT2D eigenvalue weighted by Gasteiger charge is 2.09. The first-order chi connectivity index (χ1) is 7.33. The number of hydrogen-bond acceptors (Lipinski definition) is 2. The van der Waals surface area contributed by atoms with Crippen molar-refractivity contribution in [3.8, 4) is 11.3 Å². The Hall–Kier alpha value is -1.32. The van der Waals surface area contributed by atoms with Gasteiger partial charge in [-0.25, -0.2) is 4.98 Å². The van der Waals surface area contributed by atoms with Crippen molar-refractivity contribution in [2.75, 3.05) is 6.54 Å². The molecule has 0 radical (unpaired) electrons. The van der Waals surface area contributed by atoms with E-state index in [1.54, 1.807) is 6.33 Å². The van der Waals surface area contributed by atoms with E-state index in [0.29, 0.717) is 11.6 Å². The number of nitrogens with zero attached hydrogens (tertiary/aromatic N) is 1. The first kappa shape index (κ1) is 10.2. The minimum Gasteiger partial charge on any atom is -0.348 e. The molecule has 2 aromatic rings. The van der Waals surface area contributed by atoms with Gasteiger partial charge in [0.25, 0.3) is 0 Å². The Labute approximate surface area is 93.3 Å². The lowest BCUT2D eigenvalue weighted by Gasteiger charge is -2.03. The molecule has 3 N–H and O–H groups in total. The number of halogens is 1. The minimum atomic E-state index is 0.597. The van der Waals surface area contributed by atoms with Crippen LogP contribution >= 0.6 is 11.6 Å². The van der Waals surface area contributed by atoms with Gasteiger partial charge < -0.3 is 10.7 Å². The summed E-state index contributed by atoms with van der Waals surface area (Å²) in [5, 5.41) is 0.711. The molecule has 78 valence electrons. The van der Waals surface area contributed by atoms with Crippen molar-refractivity contribution in [2.24, 2.45) is 5.73 Å². The van der Waals surface area contributed by atoms with Crippen LogP contribution in [0, 0.1) is 0 Å². The van der Waals surface area contributed by atoms with Crippen LogP contribution in [0.4, 0.5) is 0 Å². The van der Waals surface area contributed by atoms with Crippen LogP contribution in [0.25, 0.3) is 11.3 Å². The molecule has 0 atom stereocenters. The molecule has 0 unspecified atom stereocenters. The van der Waals surface area contributed by atoms with Crippen LogP contribution in [0.15, 0.2) is 30.6 Å². The van der Waals surface area contributed by atoms with Gasteiger partial charge in [0.15, 0.2) is 0 Å². The third-order valence-electron chi connectivity index (χ3n) is 2.24. The maximum atomic E-state index is 6.10. The van der Waals surface area contributed by atoms with E-state index in [1.165, 1.54) is 0 Å². The molecule has 0 aliphatic carbocycles. The Morgan fingerprint density at radius 3 is 2.87 bits per heavy atom. The van der Waals surface area contributed by atoms with Gasteiger partial charge in [0.05, 0.1) is 17.0 Å². The van der Waals surface area contributed by atoms with Gasteiger partial charge in [0, 0.05) is 17.7 Å². The number of nitrogens with one attached hydrogen (secondary N) is 1. The maximum absolute atomic E-state index is 6.10. The van der Waals surface area contributed by atoms with Gasteiger partial charge >= 0.3 is 0 Å². The van der Waals surface area contributed by atoms with Gasteiger partial charge in [-0.15, -0.1) is 0 Å². The van der Waals surface area contributed by atoms with Crippen molar-refractivity contribution in [1.82, 2.24) is 9.97 Å². The van der Waals surface area contributed by atoms with E-state index in [1.807, 2.05) is 24.3 Å². The van der Waals surface area contributed by atoms with Crippen LogP contribution < -0.4 is 5.73 Å². The highest BCUT2D eigenvalue weighted by atomic mass is 35.5. The Morgan fingerprint density at radius 1 is 1.33 bits per heavy atom.